The molecule has 0 radical (unpaired) electrons. The van der Waals surface area contributed by atoms with E-state index in [0.29, 0.717) is 18.8 Å². The fraction of sp³-hybridized carbons (Fsp3) is 0.545. The summed E-state index contributed by atoms with van der Waals surface area (Å²) in [6.07, 6.45) is 0. The van der Waals surface area contributed by atoms with Crippen molar-refractivity contribution in [3.63, 3.8) is 0 Å². The van der Waals surface area contributed by atoms with Gasteiger partial charge in [-0.05, 0) is 26.8 Å². The summed E-state index contributed by atoms with van der Waals surface area (Å²) in [4.78, 5) is 13.5. The minimum Gasteiger partial charge on any atom is -0.456 e. The van der Waals surface area contributed by atoms with E-state index in [1.54, 1.807) is 4.90 Å². The van der Waals surface area contributed by atoms with Crippen molar-refractivity contribution >= 4 is 5.91 Å². The SMILES string of the molecule is CCN(CCO)C(=O)c1oc(C)cc1C. The Morgan fingerprint density at radius 2 is 2.20 bits per heavy atom. The predicted octanol–water partition coefficient (Wildman–Crippen LogP) is 1.35. The Morgan fingerprint density at radius 3 is 2.60 bits per heavy atom. The lowest BCUT2D eigenvalue weighted by Gasteiger charge is -2.18. The lowest BCUT2D eigenvalue weighted by atomic mass is 10.2. The van der Waals surface area contributed by atoms with Crippen LogP contribution in [-0.4, -0.2) is 35.6 Å². The van der Waals surface area contributed by atoms with E-state index in [9.17, 15) is 4.79 Å². The van der Waals surface area contributed by atoms with Gasteiger partial charge in [-0.2, -0.15) is 0 Å². The van der Waals surface area contributed by atoms with Gasteiger partial charge in [0.15, 0.2) is 5.76 Å². The largest absolute Gasteiger partial charge is 0.456 e. The molecule has 1 amide bonds. The molecule has 0 spiro atoms. The topological polar surface area (TPSA) is 53.7 Å². The molecule has 0 saturated carbocycles. The zero-order valence-corrected chi connectivity index (χ0v) is 9.41. The molecule has 0 fully saturated rings. The van der Waals surface area contributed by atoms with Crippen LogP contribution in [0.2, 0.25) is 0 Å². The smallest absolute Gasteiger partial charge is 0.289 e. The molecule has 0 unspecified atom stereocenters. The third kappa shape index (κ3) is 2.59. The molecule has 15 heavy (non-hydrogen) atoms. The number of aliphatic hydroxyl groups excluding tert-OH is 1. The van der Waals surface area contributed by atoms with Crippen molar-refractivity contribution in [3.05, 3.63) is 23.2 Å². The maximum atomic E-state index is 11.9. The van der Waals surface area contributed by atoms with Crippen LogP contribution in [0, 0.1) is 13.8 Å². The number of nitrogens with zero attached hydrogens (tertiary/aromatic N) is 1. The molecule has 4 nitrogen and oxygen atoms in total. The molecular weight excluding hydrogens is 194 g/mol. The van der Waals surface area contributed by atoms with Gasteiger partial charge in [0.25, 0.3) is 5.91 Å². The number of carbonyl (C=O) groups is 1. The van der Waals surface area contributed by atoms with E-state index in [0.717, 1.165) is 11.3 Å². The summed E-state index contributed by atoms with van der Waals surface area (Å²) >= 11 is 0. The molecule has 0 atom stereocenters. The zero-order valence-electron chi connectivity index (χ0n) is 9.41. The summed E-state index contributed by atoms with van der Waals surface area (Å²) in [7, 11) is 0. The first kappa shape index (κ1) is 11.8. The highest BCUT2D eigenvalue weighted by Crippen LogP contribution is 2.15. The molecule has 1 heterocycles. The highest BCUT2D eigenvalue weighted by atomic mass is 16.4. The van der Waals surface area contributed by atoms with Crippen molar-refractivity contribution in [2.45, 2.75) is 20.8 Å². The fourth-order valence-electron chi connectivity index (χ4n) is 1.52. The highest BCUT2D eigenvalue weighted by molar-refractivity contribution is 5.92. The fourth-order valence-corrected chi connectivity index (χ4v) is 1.52. The van der Waals surface area contributed by atoms with Crippen molar-refractivity contribution in [1.82, 2.24) is 4.90 Å². The van der Waals surface area contributed by atoms with Crippen LogP contribution in [0.3, 0.4) is 0 Å². The lowest BCUT2D eigenvalue weighted by molar-refractivity contribution is 0.0698. The number of amides is 1. The molecule has 0 aromatic carbocycles. The second-order valence-corrected chi connectivity index (χ2v) is 3.48. The van der Waals surface area contributed by atoms with Gasteiger partial charge in [-0.1, -0.05) is 0 Å². The molecular formula is C11H17NO3. The number of hydrogen-bond acceptors (Lipinski definition) is 3. The van der Waals surface area contributed by atoms with E-state index in [-0.39, 0.29) is 12.5 Å². The summed E-state index contributed by atoms with van der Waals surface area (Å²) in [6.45, 7) is 6.41. The molecule has 0 aliphatic rings. The van der Waals surface area contributed by atoms with Crippen LogP contribution in [0.5, 0.6) is 0 Å². The minimum atomic E-state index is -0.155. The third-order valence-electron chi connectivity index (χ3n) is 2.27. The van der Waals surface area contributed by atoms with Crippen LogP contribution >= 0.6 is 0 Å². The van der Waals surface area contributed by atoms with E-state index in [4.69, 9.17) is 9.52 Å². The normalized spacial score (nSPS) is 10.4. The van der Waals surface area contributed by atoms with Crippen LogP contribution < -0.4 is 0 Å². The van der Waals surface area contributed by atoms with Gasteiger partial charge >= 0.3 is 0 Å². The Labute approximate surface area is 89.5 Å². The van der Waals surface area contributed by atoms with Crippen LogP contribution in [0.15, 0.2) is 10.5 Å². The summed E-state index contributed by atoms with van der Waals surface area (Å²) in [5.41, 5.74) is 0.842. The van der Waals surface area contributed by atoms with Crippen LogP contribution in [0.4, 0.5) is 0 Å². The molecule has 1 rings (SSSR count). The molecule has 0 bridgehead atoms. The van der Waals surface area contributed by atoms with Crippen LogP contribution in [-0.2, 0) is 0 Å². The number of likely N-dealkylation sites (N-methyl/N-ethyl adjacent to an activating group) is 1. The van der Waals surface area contributed by atoms with Crippen molar-refractivity contribution in [2.24, 2.45) is 0 Å². The Morgan fingerprint density at radius 1 is 1.53 bits per heavy atom. The van der Waals surface area contributed by atoms with Gasteiger partial charge in [0, 0.05) is 18.7 Å². The van der Waals surface area contributed by atoms with E-state index < -0.39 is 0 Å². The Balaban J connectivity index is 2.87. The van der Waals surface area contributed by atoms with Crippen molar-refractivity contribution < 1.29 is 14.3 Å². The maximum absolute atomic E-state index is 11.9. The summed E-state index contributed by atoms with van der Waals surface area (Å²) < 4.78 is 5.33. The first-order chi connectivity index (χ1) is 7.10. The second-order valence-electron chi connectivity index (χ2n) is 3.48. The van der Waals surface area contributed by atoms with Gasteiger partial charge < -0.3 is 14.4 Å². The molecule has 0 aliphatic carbocycles. The third-order valence-corrected chi connectivity index (χ3v) is 2.27. The van der Waals surface area contributed by atoms with Gasteiger partial charge in [-0.3, -0.25) is 4.79 Å². The van der Waals surface area contributed by atoms with Gasteiger partial charge in [-0.15, -0.1) is 0 Å². The molecule has 0 aliphatic heterocycles. The Bertz CT molecular complexity index is 344. The number of furan rings is 1. The highest BCUT2D eigenvalue weighted by Gasteiger charge is 2.19. The van der Waals surface area contributed by atoms with Crippen molar-refractivity contribution in [3.8, 4) is 0 Å². The summed E-state index contributed by atoms with van der Waals surface area (Å²) in [5.74, 6) is 0.954. The van der Waals surface area contributed by atoms with Gasteiger partial charge in [0.1, 0.15) is 5.76 Å². The predicted molar refractivity (Wildman–Crippen MR) is 56.8 cm³/mol. The van der Waals surface area contributed by atoms with Crippen molar-refractivity contribution in [1.29, 1.82) is 0 Å². The molecule has 1 aromatic heterocycles. The monoisotopic (exact) mass is 211 g/mol. The van der Waals surface area contributed by atoms with Gasteiger partial charge in [0.05, 0.1) is 6.61 Å². The van der Waals surface area contributed by atoms with E-state index in [1.807, 2.05) is 26.8 Å². The van der Waals surface area contributed by atoms with Crippen LogP contribution in [0.25, 0.3) is 0 Å². The van der Waals surface area contributed by atoms with E-state index in [1.165, 1.54) is 0 Å². The molecule has 1 aromatic rings. The minimum absolute atomic E-state index is 0.0294. The average molecular weight is 211 g/mol. The number of aryl methyl sites for hydroxylation is 2. The zero-order chi connectivity index (χ0) is 11.4. The average Bonchev–Trinajstić information content (AvgIpc) is 2.53. The second kappa shape index (κ2) is 4.98. The molecule has 1 N–H and O–H groups in total. The standard InChI is InChI=1S/C11H17NO3/c1-4-12(5-6-13)11(14)10-8(2)7-9(3)15-10/h7,13H,4-6H2,1-3H3. The van der Waals surface area contributed by atoms with Crippen molar-refractivity contribution in [2.75, 3.05) is 19.7 Å². The first-order valence-corrected chi connectivity index (χ1v) is 5.07. The quantitative estimate of drug-likeness (QED) is 0.818. The molecule has 84 valence electrons. The van der Waals surface area contributed by atoms with E-state index in [2.05, 4.69) is 0 Å². The Hall–Kier alpha value is -1.29. The number of carbonyl (C=O) groups excluding carboxylic acids is 1. The summed E-state index contributed by atoms with van der Waals surface area (Å²) in [6, 6.07) is 1.83. The molecule has 0 saturated heterocycles. The Kier molecular flexibility index (Phi) is 3.91. The number of hydrogen-bond donors (Lipinski definition) is 1. The van der Waals surface area contributed by atoms with E-state index >= 15 is 0 Å². The van der Waals surface area contributed by atoms with Crippen LogP contribution in [0.1, 0.15) is 28.8 Å². The van der Waals surface area contributed by atoms with Gasteiger partial charge in [-0.25, -0.2) is 0 Å². The lowest BCUT2D eigenvalue weighted by Crippen LogP contribution is -2.33. The first-order valence-electron chi connectivity index (χ1n) is 5.07. The number of aliphatic hydroxyl groups is 1. The molecule has 4 heteroatoms. The number of rotatable bonds is 4. The summed E-state index contributed by atoms with van der Waals surface area (Å²) in [5, 5.41) is 8.81. The maximum Gasteiger partial charge on any atom is 0.289 e. The van der Waals surface area contributed by atoms with Gasteiger partial charge in [0.2, 0.25) is 0 Å².